The average molecular weight is 325 g/mol. The Labute approximate surface area is 142 Å². The van der Waals surface area contributed by atoms with E-state index in [0.29, 0.717) is 17.1 Å². The van der Waals surface area contributed by atoms with Crippen molar-refractivity contribution in [2.75, 3.05) is 19.5 Å². The number of amides is 1. The molecule has 1 amide bonds. The molecule has 1 aliphatic carbocycles. The summed E-state index contributed by atoms with van der Waals surface area (Å²) in [5.74, 6) is 1.16. The van der Waals surface area contributed by atoms with E-state index < -0.39 is 0 Å². The Morgan fingerprint density at radius 2 is 1.62 bits per heavy atom. The molecule has 1 N–H and O–H groups in total. The van der Waals surface area contributed by atoms with Crippen LogP contribution in [-0.4, -0.2) is 20.1 Å². The van der Waals surface area contributed by atoms with Crippen LogP contribution < -0.4 is 14.8 Å². The molecule has 0 saturated heterocycles. The van der Waals surface area contributed by atoms with E-state index in [9.17, 15) is 4.79 Å². The molecule has 0 bridgehead atoms. The molecule has 0 atom stereocenters. The van der Waals surface area contributed by atoms with Gasteiger partial charge < -0.3 is 14.8 Å². The Morgan fingerprint density at radius 1 is 0.958 bits per heavy atom. The van der Waals surface area contributed by atoms with Gasteiger partial charge in [-0.3, -0.25) is 4.79 Å². The summed E-state index contributed by atoms with van der Waals surface area (Å²) in [5.41, 5.74) is 5.04. The van der Waals surface area contributed by atoms with Gasteiger partial charge in [-0.1, -0.05) is 6.07 Å². The van der Waals surface area contributed by atoms with Gasteiger partial charge in [0.15, 0.2) is 11.5 Å². The number of ether oxygens (including phenoxy) is 2. The van der Waals surface area contributed by atoms with Crippen molar-refractivity contribution in [3.8, 4) is 11.5 Å². The average Bonchev–Trinajstić information content (AvgIpc) is 2.62. The van der Waals surface area contributed by atoms with E-state index in [1.165, 1.54) is 24.0 Å². The number of hydrogen-bond acceptors (Lipinski definition) is 3. The number of methoxy groups -OCH3 is 2. The maximum atomic E-state index is 12.6. The summed E-state index contributed by atoms with van der Waals surface area (Å²) < 4.78 is 10.6. The fraction of sp³-hybridized carbons (Fsp3) is 0.350. The van der Waals surface area contributed by atoms with Crippen molar-refractivity contribution in [3.05, 3.63) is 52.6 Å². The summed E-state index contributed by atoms with van der Waals surface area (Å²) in [7, 11) is 3.19. The first-order valence-corrected chi connectivity index (χ1v) is 8.28. The SMILES string of the molecule is COc1cc(C)c(NC(=O)c2ccc3c(c2)CCCC3)cc1OC. The third-order valence-electron chi connectivity index (χ3n) is 4.59. The quantitative estimate of drug-likeness (QED) is 0.919. The molecule has 0 saturated carbocycles. The lowest BCUT2D eigenvalue weighted by Gasteiger charge is -2.17. The van der Waals surface area contributed by atoms with Crippen molar-refractivity contribution >= 4 is 11.6 Å². The van der Waals surface area contributed by atoms with Crippen molar-refractivity contribution in [2.45, 2.75) is 32.6 Å². The first-order chi connectivity index (χ1) is 11.6. The van der Waals surface area contributed by atoms with E-state index in [4.69, 9.17) is 9.47 Å². The van der Waals surface area contributed by atoms with Crippen LogP contribution in [0.2, 0.25) is 0 Å². The number of anilines is 1. The fourth-order valence-electron chi connectivity index (χ4n) is 3.18. The van der Waals surface area contributed by atoms with E-state index in [1.807, 2.05) is 25.1 Å². The zero-order valence-electron chi connectivity index (χ0n) is 14.4. The van der Waals surface area contributed by atoms with Crippen molar-refractivity contribution in [3.63, 3.8) is 0 Å². The minimum Gasteiger partial charge on any atom is -0.493 e. The standard InChI is InChI=1S/C20H23NO3/c1-13-10-18(23-2)19(24-3)12-17(13)21-20(22)16-9-8-14-6-4-5-7-15(14)11-16/h8-12H,4-7H2,1-3H3,(H,21,22). The molecule has 24 heavy (non-hydrogen) atoms. The van der Waals surface area contributed by atoms with Gasteiger partial charge in [0.1, 0.15) is 0 Å². The van der Waals surface area contributed by atoms with Gasteiger partial charge in [-0.2, -0.15) is 0 Å². The molecule has 1 aliphatic rings. The highest BCUT2D eigenvalue weighted by atomic mass is 16.5. The predicted molar refractivity (Wildman–Crippen MR) is 95.3 cm³/mol. The molecule has 0 aliphatic heterocycles. The largest absolute Gasteiger partial charge is 0.493 e. The van der Waals surface area contributed by atoms with Gasteiger partial charge in [-0.05, 0) is 67.5 Å². The number of carbonyl (C=O) groups excluding carboxylic acids is 1. The highest BCUT2D eigenvalue weighted by molar-refractivity contribution is 6.05. The zero-order valence-corrected chi connectivity index (χ0v) is 14.4. The summed E-state index contributed by atoms with van der Waals surface area (Å²) in [6.45, 7) is 1.93. The third-order valence-corrected chi connectivity index (χ3v) is 4.59. The van der Waals surface area contributed by atoms with E-state index in [-0.39, 0.29) is 5.91 Å². The molecular weight excluding hydrogens is 302 g/mol. The Kier molecular flexibility index (Phi) is 4.74. The maximum Gasteiger partial charge on any atom is 0.255 e. The summed E-state index contributed by atoms with van der Waals surface area (Å²) in [4.78, 5) is 12.6. The van der Waals surface area contributed by atoms with E-state index in [0.717, 1.165) is 24.1 Å². The number of carbonyl (C=O) groups is 1. The van der Waals surface area contributed by atoms with Gasteiger partial charge in [0.05, 0.1) is 14.2 Å². The molecule has 126 valence electrons. The maximum absolute atomic E-state index is 12.6. The second-order valence-corrected chi connectivity index (χ2v) is 6.17. The third kappa shape index (κ3) is 3.23. The number of hydrogen-bond donors (Lipinski definition) is 1. The van der Waals surface area contributed by atoms with Crippen LogP contribution in [0.1, 0.15) is 39.9 Å². The normalized spacial score (nSPS) is 13.1. The molecule has 2 aromatic rings. The van der Waals surface area contributed by atoms with Crippen LogP contribution in [-0.2, 0) is 12.8 Å². The number of benzene rings is 2. The number of rotatable bonds is 4. The number of aryl methyl sites for hydroxylation is 3. The van der Waals surface area contributed by atoms with Gasteiger partial charge in [0, 0.05) is 17.3 Å². The highest BCUT2D eigenvalue weighted by Gasteiger charge is 2.15. The molecular formula is C20H23NO3. The van der Waals surface area contributed by atoms with E-state index >= 15 is 0 Å². The first-order valence-electron chi connectivity index (χ1n) is 8.28. The van der Waals surface area contributed by atoms with Crippen molar-refractivity contribution in [2.24, 2.45) is 0 Å². The van der Waals surface area contributed by atoms with E-state index in [1.54, 1.807) is 20.3 Å². The second-order valence-electron chi connectivity index (χ2n) is 6.17. The molecule has 0 spiro atoms. The van der Waals surface area contributed by atoms with Gasteiger partial charge >= 0.3 is 0 Å². The lowest BCUT2D eigenvalue weighted by atomic mass is 9.90. The molecule has 0 unspecified atom stereocenters. The van der Waals surface area contributed by atoms with Crippen LogP contribution in [0, 0.1) is 6.92 Å². The van der Waals surface area contributed by atoms with Crippen molar-refractivity contribution in [1.82, 2.24) is 0 Å². The van der Waals surface area contributed by atoms with Crippen LogP contribution in [0.3, 0.4) is 0 Å². The Morgan fingerprint density at radius 3 is 2.33 bits per heavy atom. The summed E-state index contributed by atoms with van der Waals surface area (Å²) in [6, 6.07) is 9.69. The van der Waals surface area contributed by atoms with Gasteiger partial charge in [0.2, 0.25) is 0 Å². The lowest BCUT2D eigenvalue weighted by molar-refractivity contribution is 0.102. The van der Waals surface area contributed by atoms with Crippen LogP contribution >= 0.6 is 0 Å². The van der Waals surface area contributed by atoms with Crippen LogP contribution in [0.5, 0.6) is 11.5 Å². The number of nitrogens with one attached hydrogen (secondary N) is 1. The minimum atomic E-state index is -0.0984. The van der Waals surface area contributed by atoms with Crippen molar-refractivity contribution in [1.29, 1.82) is 0 Å². The zero-order chi connectivity index (χ0) is 17.1. The molecule has 2 aromatic carbocycles. The lowest BCUT2D eigenvalue weighted by Crippen LogP contribution is -2.14. The predicted octanol–water partition coefficient (Wildman–Crippen LogP) is 4.14. The molecule has 3 rings (SSSR count). The minimum absolute atomic E-state index is 0.0984. The van der Waals surface area contributed by atoms with Gasteiger partial charge in [-0.25, -0.2) is 0 Å². The molecule has 0 aromatic heterocycles. The summed E-state index contributed by atoms with van der Waals surface area (Å²) in [6.07, 6.45) is 4.62. The number of fused-ring (bicyclic) bond motifs is 1. The Hall–Kier alpha value is -2.49. The van der Waals surface area contributed by atoms with Crippen molar-refractivity contribution < 1.29 is 14.3 Å². The molecule has 0 fully saturated rings. The molecule has 4 nitrogen and oxygen atoms in total. The van der Waals surface area contributed by atoms with Crippen LogP contribution in [0.25, 0.3) is 0 Å². The monoisotopic (exact) mass is 325 g/mol. The molecule has 0 radical (unpaired) electrons. The second kappa shape index (κ2) is 6.95. The Balaban J connectivity index is 1.84. The fourth-order valence-corrected chi connectivity index (χ4v) is 3.18. The Bertz CT molecular complexity index is 768. The molecule has 4 heteroatoms. The smallest absolute Gasteiger partial charge is 0.255 e. The highest BCUT2D eigenvalue weighted by Crippen LogP contribution is 2.33. The topological polar surface area (TPSA) is 47.6 Å². The summed E-state index contributed by atoms with van der Waals surface area (Å²) >= 11 is 0. The van der Waals surface area contributed by atoms with Gasteiger partial charge in [0.25, 0.3) is 5.91 Å². The first kappa shape index (κ1) is 16.4. The van der Waals surface area contributed by atoms with E-state index in [2.05, 4.69) is 11.4 Å². The van der Waals surface area contributed by atoms with Crippen LogP contribution in [0.4, 0.5) is 5.69 Å². The summed E-state index contributed by atoms with van der Waals surface area (Å²) in [5, 5.41) is 2.98. The van der Waals surface area contributed by atoms with Gasteiger partial charge in [-0.15, -0.1) is 0 Å². The molecule has 0 heterocycles. The van der Waals surface area contributed by atoms with Crippen LogP contribution in [0.15, 0.2) is 30.3 Å².